The first kappa shape index (κ1) is 66.4. The molecule has 0 radical (unpaired) electrons. The number of nitrogens with zero attached hydrogens (tertiary/aromatic N) is 1. The van der Waals surface area contributed by atoms with Crippen LogP contribution in [0.15, 0.2) is 122 Å². The van der Waals surface area contributed by atoms with Crippen molar-refractivity contribution in [2.24, 2.45) is 0 Å². The molecule has 0 aromatic carbocycles. The van der Waals surface area contributed by atoms with E-state index in [-0.39, 0.29) is 26.1 Å². The fraction of sp³-hybridized carbons (Fsp3) is 0.633. The number of carbonyl (C=O) groups is 2. The Morgan fingerprint density at radius 1 is 0.457 bits per heavy atom. The Balaban J connectivity index is 4.37. The number of rotatable bonds is 48. The number of carbonyl (C=O) groups excluding carboxylic acids is 2. The van der Waals surface area contributed by atoms with Crippen LogP contribution in [0, 0.1) is 0 Å². The van der Waals surface area contributed by atoms with Crippen molar-refractivity contribution in [1.82, 2.24) is 0 Å². The van der Waals surface area contributed by atoms with Crippen molar-refractivity contribution in [2.45, 2.75) is 200 Å². The summed E-state index contributed by atoms with van der Waals surface area (Å²) in [6.07, 6.45) is 71.2. The molecule has 398 valence electrons. The number of phosphoric ester groups is 1. The lowest BCUT2D eigenvalue weighted by Crippen LogP contribution is -2.37. The molecule has 0 aliphatic carbocycles. The second-order valence-electron chi connectivity index (χ2n) is 18.9. The Hall–Kier alpha value is -3.59. The number of hydrogen-bond donors (Lipinski definition) is 1. The summed E-state index contributed by atoms with van der Waals surface area (Å²) in [7, 11) is 1.42. The molecule has 70 heavy (non-hydrogen) atoms. The molecule has 0 saturated carbocycles. The van der Waals surface area contributed by atoms with Gasteiger partial charge in [0.2, 0.25) is 0 Å². The summed E-state index contributed by atoms with van der Waals surface area (Å²) in [4.78, 5) is 35.6. The zero-order valence-corrected chi connectivity index (χ0v) is 45.8. The van der Waals surface area contributed by atoms with E-state index in [1.807, 2.05) is 27.2 Å². The highest BCUT2D eigenvalue weighted by Gasteiger charge is 2.27. The van der Waals surface area contributed by atoms with Gasteiger partial charge in [0, 0.05) is 12.8 Å². The van der Waals surface area contributed by atoms with E-state index in [4.69, 9.17) is 18.5 Å². The van der Waals surface area contributed by atoms with E-state index >= 15 is 0 Å². The third-order valence-electron chi connectivity index (χ3n) is 11.0. The molecule has 0 spiro atoms. The fourth-order valence-corrected chi connectivity index (χ4v) is 7.52. The summed E-state index contributed by atoms with van der Waals surface area (Å²) in [6.45, 7) is 4.22. The number of esters is 2. The van der Waals surface area contributed by atoms with Crippen molar-refractivity contribution >= 4 is 19.8 Å². The quantitative estimate of drug-likeness (QED) is 0.0211. The second-order valence-corrected chi connectivity index (χ2v) is 20.3. The number of unbranched alkanes of at least 4 members (excludes halogenated alkanes) is 14. The third-order valence-corrected chi connectivity index (χ3v) is 12.0. The molecule has 10 heteroatoms. The van der Waals surface area contributed by atoms with Crippen LogP contribution in [0.4, 0.5) is 0 Å². The smallest absolute Gasteiger partial charge is 0.462 e. The summed E-state index contributed by atoms with van der Waals surface area (Å²) >= 11 is 0. The number of hydrogen-bond acceptors (Lipinski definition) is 7. The number of likely N-dealkylation sites (N-methyl/N-ethyl adjacent to an activating group) is 1. The van der Waals surface area contributed by atoms with Gasteiger partial charge in [-0.05, 0) is 103 Å². The zero-order valence-electron chi connectivity index (χ0n) is 45.0. The van der Waals surface area contributed by atoms with Gasteiger partial charge >= 0.3 is 19.8 Å². The minimum absolute atomic E-state index is 0.0134. The van der Waals surface area contributed by atoms with Crippen LogP contribution >= 0.6 is 7.82 Å². The van der Waals surface area contributed by atoms with Crippen LogP contribution in [-0.4, -0.2) is 74.9 Å². The molecular formula is C60H101NO8P+. The minimum atomic E-state index is -4.41. The average molecular weight is 995 g/mol. The first-order valence-electron chi connectivity index (χ1n) is 27.3. The molecule has 0 aliphatic rings. The van der Waals surface area contributed by atoms with E-state index in [0.29, 0.717) is 23.9 Å². The molecule has 0 bridgehead atoms. The van der Waals surface area contributed by atoms with Gasteiger partial charge in [0.15, 0.2) is 6.10 Å². The highest BCUT2D eigenvalue weighted by atomic mass is 31.2. The molecule has 2 unspecified atom stereocenters. The molecule has 0 aromatic heterocycles. The number of ether oxygens (including phenoxy) is 2. The molecule has 0 aliphatic heterocycles. The summed E-state index contributed by atoms with van der Waals surface area (Å²) in [5, 5.41) is 0. The molecule has 0 amide bonds. The lowest BCUT2D eigenvalue weighted by Gasteiger charge is -2.24. The van der Waals surface area contributed by atoms with Gasteiger partial charge in [-0.3, -0.25) is 18.6 Å². The SMILES string of the molecule is CC/C=C\C/C=C\C/C=C\C/C=C\C/C=C\C/C=C\C/C=C\C/C=C\C/C=C\CCCC(=O)OC(COC(=O)CCCCCCCCC/C=C\CCCCCCCC)COP(=O)(O)OCC[N+](C)(C)C. The third kappa shape index (κ3) is 53.8. The highest BCUT2D eigenvalue weighted by molar-refractivity contribution is 7.47. The van der Waals surface area contributed by atoms with Crippen molar-refractivity contribution in [2.75, 3.05) is 47.5 Å². The first-order valence-corrected chi connectivity index (χ1v) is 28.8. The standard InChI is InChI=1S/C60H100NO8P/c1-6-8-10-12-14-16-18-20-22-24-25-26-27-28-29-30-31-32-33-34-35-37-39-41-43-45-47-49-51-53-60(63)69-58(57-68-70(64,65)67-55-54-61(3,4)5)56-66-59(62)52-50-48-46-44-42-40-38-36-23-21-19-17-15-13-11-9-7-2/h8,10,14,16,20-23,25-26,28-29,31-32,34-35,39,41,45,47,58H,6-7,9,11-13,15,17-19,24,27,30,33,36-38,40,42-44,46,48-57H2,1-5H3/p+1/b10-8-,16-14-,22-20-,23-21-,26-25-,29-28-,32-31-,35-34-,41-39-,47-45-. The largest absolute Gasteiger partial charge is 0.472 e. The van der Waals surface area contributed by atoms with Crippen LogP contribution in [0.1, 0.15) is 194 Å². The van der Waals surface area contributed by atoms with Crippen LogP contribution in [0.5, 0.6) is 0 Å². The Morgan fingerprint density at radius 3 is 1.27 bits per heavy atom. The van der Waals surface area contributed by atoms with Gasteiger partial charge < -0.3 is 18.9 Å². The van der Waals surface area contributed by atoms with Crippen LogP contribution in [0.25, 0.3) is 0 Å². The number of phosphoric acid groups is 1. The van der Waals surface area contributed by atoms with Gasteiger partial charge in [-0.15, -0.1) is 0 Å². The number of allylic oxidation sites excluding steroid dienone is 20. The molecule has 0 fully saturated rings. The normalized spacial score (nSPS) is 14.3. The van der Waals surface area contributed by atoms with Crippen molar-refractivity contribution in [3.8, 4) is 0 Å². The van der Waals surface area contributed by atoms with Crippen molar-refractivity contribution in [1.29, 1.82) is 0 Å². The number of quaternary nitrogens is 1. The van der Waals surface area contributed by atoms with Gasteiger partial charge in [0.25, 0.3) is 0 Å². The Morgan fingerprint density at radius 2 is 0.829 bits per heavy atom. The van der Waals surface area contributed by atoms with Gasteiger partial charge in [-0.1, -0.05) is 200 Å². The molecule has 1 N–H and O–H groups in total. The van der Waals surface area contributed by atoms with E-state index < -0.39 is 32.5 Å². The van der Waals surface area contributed by atoms with Crippen LogP contribution in [-0.2, 0) is 32.7 Å². The van der Waals surface area contributed by atoms with Gasteiger partial charge in [0.05, 0.1) is 27.7 Å². The van der Waals surface area contributed by atoms with E-state index in [0.717, 1.165) is 89.9 Å². The zero-order chi connectivity index (χ0) is 51.3. The summed E-state index contributed by atoms with van der Waals surface area (Å²) in [6, 6.07) is 0. The molecule has 2 atom stereocenters. The monoisotopic (exact) mass is 995 g/mol. The Kier molecular flexibility index (Phi) is 47.8. The molecule has 0 aromatic rings. The maximum absolute atomic E-state index is 12.8. The first-order chi connectivity index (χ1) is 34.0. The summed E-state index contributed by atoms with van der Waals surface area (Å²) < 4.78 is 34.4. The average Bonchev–Trinajstić information content (AvgIpc) is 3.32. The molecular weight excluding hydrogens is 894 g/mol. The predicted octanol–water partition coefficient (Wildman–Crippen LogP) is 16.8. The van der Waals surface area contributed by atoms with E-state index in [1.54, 1.807) is 0 Å². The van der Waals surface area contributed by atoms with Crippen molar-refractivity contribution in [3.05, 3.63) is 122 Å². The van der Waals surface area contributed by atoms with Crippen molar-refractivity contribution in [3.63, 3.8) is 0 Å². The minimum Gasteiger partial charge on any atom is -0.462 e. The van der Waals surface area contributed by atoms with Crippen molar-refractivity contribution < 1.29 is 42.1 Å². The fourth-order valence-electron chi connectivity index (χ4n) is 6.77. The Labute approximate surface area is 428 Å². The van der Waals surface area contributed by atoms with E-state index in [2.05, 4.69) is 129 Å². The maximum atomic E-state index is 12.8. The molecule has 0 heterocycles. The molecule has 0 saturated heterocycles. The van der Waals surface area contributed by atoms with Crippen LogP contribution in [0.3, 0.4) is 0 Å². The topological polar surface area (TPSA) is 108 Å². The second kappa shape index (κ2) is 50.4. The predicted molar refractivity (Wildman–Crippen MR) is 297 cm³/mol. The highest BCUT2D eigenvalue weighted by Crippen LogP contribution is 2.43. The van der Waals surface area contributed by atoms with E-state index in [9.17, 15) is 19.0 Å². The lowest BCUT2D eigenvalue weighted by molar-refractivity contribution is -0.870. The molecule has 0 rings (SSSR count). The van der Waals surface area contributed by atoms with Crippen LogP contribution < -0.4 is 0 Å². The summed E-state index contributed by atoms with van der Waals surface area (Å²) in [5.74, 6) is -0.882. The van der Waals surface area contributed by atoms with E-state index in [1.165, 1.54) is 64.2 Å². The van der Waals surface area contributed by atoms with Gasteiger partial charge in [0.1, 0.15) is 19.8 Å². The van der Waals surface area contributed by atoms with Gasteiger partial charge in [-0.25, -0.2) is 4.57 Å². The lowest BCUT2D eigenvalue weighted by atomic mass is 10.1. The van der Waals surface area contributed by atoms with Crippen LogP contribution in [0.2, 0.25) is 0 Å². The summed E-state index contributed by atoms with van der Waals surface area (Å²) in [5.41, 5.74) is 0. The maximum Gasteiger partial charge on any atom is 0.472 e. The molecule has 9 nitrogen and oxygen atoms in total. The Bertz CT molecular complexity index is 1590. The van der Waals surface area contributed by atoms with Gasteiger partial charge in [-0.2, -0.15) is 0 Å².